The minimum Gasteiger partial charge on any atom is -0.497 e. The number of fused-ring (bicyclic) bond motifs is 1. The van der Waals surface area contributed by atoms with Gasteiger partial charge in [-0.3, -0.25) is 9.80 Å². The lowest BCUT2D eigenvalue weighted by Gasteiger charge is -2.31. The van der Waals surface area contributed by atoms with Gasteiger partial charge in [0.1, 0.15) is 5.75 Å². The standard InChI is InChI=1S/C24H29N5O2/c1-30-21-6-3-19(4-7-21)16-28-11-2-12-29(18-28)24-22-15-20(5-8-23(22)31-26-24)17-27-13-9-25-10-14-27/h2-8,12,15,25H,9-11,13-14,16-18H2,1H3. The Morgan fingerprint density at radius 3 is 2.58 bits per heavy atom. The molecule has 0 atom stereocenters. The molecule has 0 aliphatic carbocycles. The molecule has 162 valence electrons. The van der Waals surface area contributed by atoms with E-state index in [1.54, 1.807) is 7.11 Å². The van der Waals surface area contributed by atoms with Crippen molar-refractivity contribution < 1.29 is 9.26 Å². The van der Waals surface area contributed by atoms with Gasteiger partial charge in [-0.05, 0) is 35.4 Å². The third-order valence-electron chi connectivity index (χ3n) is 5.97. The van der Waals surface area contributed by atoms with E-state index in [0.717, 1.165) is 75.0 Å². The molecule has 5 rings (SSSR count). The predicted molar refractivity (Wildman–Crippen MR) is 122 cm³/mol. The number of methoxy groups -OCH3 is 1. The molecule has 3 heterocycles. The molecular formula is C24H29N5O2. The maximum atomic E-state index is 5.64. The van der Waals surface area contributed by atoms with E-state index in [4.69, 9.17) is 9.26 Å². The lowest BCUT2D eigenvalue weighted by molar-refractivity contribution is 0.233. The van der Waals surface area contributed by atoms with E-state index in [1.165, 1.54) is 11.1 Å². The average molecular weight is 420 g/mol. The molecule has 7 heteroatoms. The van der Waals surface area contributed by atoms with Crippen LogP contribution in [-0.4, -0.2) is 61.5 Å². The van der Waals surface area contributed by atoms with Crippen molar-refractivity contribution in [1.29, 1.82) is 0 Å². The van der Waals surface area contributed by atoms with Crippen LogP contribution in [0.2, 0.25) is 0 Å². The maximum absolute atomic E-state index is 5.64. The normalized spacial score (nSPS) is 18.0. The number of nitrogens with one attached hydrogen (secondary N) is 1. The summed E-state index contributed by atoms with van der Waals surface area (Å²) in [6, 6.07) is 14.7. The van der Waals surface area contributed by atoms with Crippen LogP contribution in [0.15, 0.2) is 59.3 Å². The Morgan fingerprint density at radius 2 is 1.77 bits per heavy atom. The van der Waals surface area contributed by atoms with Crippen molar-refractivity contribution in [2.45, 2.75) is 13.1 Å². The first-order chi connectivity index (χ1) is 15.3. The number of aromatic nitrogens is 1. The predicted octanol–water partition coefficient (Wildman–Crippen LogP) is 3.04. The van der Waals surface area contributed by atoms with Gasteiger partial charge in [-0.15, -0.1) is 0 Å². The number of nitrogens with zero attached hydrogens (tertiary/aromatic N) is 4. The lowest BCUT2D eigenvalue weighted by Crippen LogP contribution is -2.42. The molecule has 1 N–H and O–H groups in total. The summed E-state index contributed by atoms with van der Waals surface area (Å²) in [6.45, 7) is 7.80. The number of ether oxygens (including phenoxy) is 1. The van der Waals surface area contributed by atoms with Crippen molar-refractivity contribution >= 4 is 16.8 Å². The van der Waals surface area contributed by atoms with Crippen molar-refractivity contribution in [3.8, 4) is 5.75 Å². The summed E-state index contributed by atoms with van der Waals surface area (Å²) in [5, 5.41) is 8.89. The van der Waals surface area contributed by atoms with Gasteiger partial charge in [0.25, 0.3) is 0 Å². The first kappa shape index (κ1) is 20.1. The van der Waals surface area contributed by atoms with Crippen LogP contribution in [0.3, 0.4) is 0 Å². The Bertz CT molecular complexity index is 1040. The number of benzene rings is 2. The highest BCUT2D eigenvalue weighted by molar-refractivity contribution is 5.89. The average Bonchev–Trinajstić information content (AvgIpc) is 3.24. The second kappa shape index (κ2) is 9.09. The molecule has 7 nitrogen and oxygen atoms in total. The smallest absolute Gasteiger partial charge is 0.185 e. The molecule has 0 amide bonds. The van der Waals surface area contributed by atoms with Gasteiger partial charge in [0.2, 0.25) is 0 Å². The SMILES string of the molecule is COc1ccc(CN2CC=CN(c3noc4ccc(CN5CCNCC5)cc34)C2)cc1. The van der Waals surface area contributed by atoms with E-state index in [1.807, 2.05) is 18.2 Å². The van der Waals surface area contributed by atoms with Gasteiger partial charge in [-0.2, -0.15) is 0 Å². The molecule has 2 aliphatic heterocycles. The van der Waals surface area contributed by atoms with Crippen LogP contribution in [0.1, 0.15) is 11.1 Å². The summed E-state index contributed by atoms with van der Waals surface area (Å²) >= 11 is 0. The Hall–Kier alpha value is -2.87. The highest BCUT2D eigenvalue weighted by atomic mass is 16.5. The number of hydrogen-bond donors (Lipinski definition) is 1. The molecule has 0 saturated carbocycles. The number of piperazine rings is 1. The zero-order valence-corrected chi connectivity index (χ0v) is 18.0. The third-order valence-corrected chi connectivity index (χ3v) is 5.97. The van der Waals surface area contributed by atoms with E-state index < -0.39 is 0 Å². The molecule has 0 bridgehead atoms. The fourth-order valence-corrected chi connectivity index (χ4v) is 4.29. The van der Waals surface area contributed by atoms with Gasteiger partial charge in [0.15, 0.2) is 11.4 Å². The molecule has 2 aromatic carbocycles. The Kier molecular flexibility index (Phi) is 5.88. The van der Waals surface area contributed by atoms with Gasteiger partial charge in [-0.25, -0.2) is 0 Å². The quantitative estimate of drug-likeness (QED) is 0.659. The number of anilines is 1. The second-order valence-corrected chi connectivity index (χ2v) is 8.22. The van der Waals surface area contributed by atoms with E-state index in [9.17, 15) is 0 Å². The van der Waals surface area contributed by atoms with Crippen LogP contribution in [-0.2, 0) is 13.1 Å². The zero-order chi connectivity index (χ0) is 21.0. The Balaban J connectivity index is 1.31. The molecule has 31 heavy (non-hydrogen) atoms. The minimum absolute atomic E-state index is 0.770. The van der Waals surface area contributed by atoms with E-state index in [0.29, 0.717) is 0 Å². The minimum atomic E-state index is 0.770. The van der Waals surface area contributed by atoms with Gasteiger partial charge >= 0.3 is 0 Å². The molecule has 0 spiro atoms. The first-order valence-electron chi connectivity index (χ1n) is 10.9. The van der Waals surface area contributed by atoms with E-state index >= 15 is 0 Å². The molecule has 2 aliphatic rings. The van der Waals surface area contributed by atoms with E-state index in [-0.39, 0.29) is 0 Å². The second-order valence-electron chi connectivity index (χ2n) is 8.22. The molecule has 1 aromatic heterocycles. The van der Waals surface area contributed by atoms with Crippen molar-refractivity contribution in [1.82, 2.24) is 20.3 Å². The molecule has 3 aromatic rings. The first-order valence-corrected chi connectivity index (χ1v) is 10.9. The summed E-state index contributed by atoms with van der Waals surface area (Å²) < 4.78 is 10.9. The third kappa shape index (κ3) is 4.58. The highest BCUT2D eigenvalue weighted by Crippen LogP contribution is 2.29. The van der Waals surface area contributed by atoms with E-state index in [2.05, 4.69) is 61.7 Å². The zero-order valence-electron chi connectivity index (χ0n) is 18.0. The summed E-state index contributed by atoms with van der Waals surface area (Å²) in [7, 11) is 1.69. The van der Waals surface area contributed by atoms with Gasteiger partial charge < -0.3 is 19.5 Å². The molecule has 1 saturated heterocycles. The topological polar surface area (TPSA) is 57.0 Å². The van der Waals surface area contributed by atoms with Crippen molar-refractivity contribution in [2.24, 2.45) is 0 Å². The van der Waals surface area contributed by atoms with Crippen molar-refractivity contribution in [2.75, 3.05) is 51.4 Å². The Morgan fingerprint density at radius 1 is 1.00 bits per heavy atom. The molecule has 0 radical (unpaired) electrons. The van der Waals surface area contributed by atoms with Crippen LogP contribution >= 0.6 is 0 Å². The van der Waals surface area contributed by atoms with Crippen LogP contribution in [0.25, 0.3) is 11.0 Å². The fraction of sp³-hybridized carbons (Fsp3) is 0.375. The monoisotopic (exact) mass is 419 g/mol. The Labute approximate surface area is 182 Å². The molecule has 1 fully saturated rings. The van der Waals surface area contributed by atoms with Crippen molar-refractivity contribution in [3.63, 3.8) is 0 Å². The van der Waals surface area contributed by atoms with Crippen LogP contribution in [0.5, 0.6) is 5.75 Å². The van der Waals surface area contributed by atoms with Crippen molar-refractivity contribution in [3.05, 3.63) is 65.9 Å². The van der Waals surface area contributed by atoms with Gasteiger partial charge in [-0.1, -0.05) is 29.4 Å². The van der Waals surface area contributed by atoms with Crippen LogP contribution < -0.4 is 15.0 Å². The van der Waals surface area contributed by atoms with Crippen LogP contribution in [0.4, 0.5) is 5.82 Å². The number of hydrogen-bond acceptors (Lipinski definition) is 7. The maximum Gasteiger partial charge on any atom is 0.185 e. The van der Waals surface area contributed by atoms with Gasteiger partial charge in [0, 0.05) is 52.0 Å². The molecule has 0 unspecified atom stereocenters. The fourth-order valence-electron chi connectivity index (χ4n) is 4.29. The molecular weight excluding hydrogens is 390 g/mol. The lowest BCUT2D eigenvalue weighted by atomic mass is 10.1. The largest absolute Gasteiger partial charge is 0.497 e. The van der Waals surface area contributed by atoms with Gasteiger partial charge in [0.05, 0.1) is 19.2 Å². The van der Waals surface area contributed by atoms with Crippen LogP contribution in [0, 0.1) is 0 Å². The summed E-state index contributed by atoms with van der Waals surface area (Å²) in [5.41, 5.74) is 3.40. The summed E-state index contributed by atoms with van der Waals surface area (Å²) in [4.78, 5) is 7.04. The summed E-state index contributed by atoms with van der Waals surface area (Å²) in [6.07, 6.45) is 4.29. The number of rotatable bonds is 6. The summed E-state index contributed by atoms with van der Waals surface area (Å²) in [5.74, 6) is 1.77. The highest BCUT2D eigenvalue weighted by Gasteiger charge is 2.20.